The lowest BCUT2D eigenvalue weighted by molar-refractivity contribution is 0.245. The van der Waals surface area contributed by atoms with Gasteiger partial charge in [-0.1, -0.05) is 23.6 Å². The number of unbranched alkanes of at least 4 members (excludes halogenated alkanes) is 1. The monoisotopic (exact) mass is 372 g/mol. The average molecular weight is 373 g/mol. The standard InChI is InChI=1S/C24H28N4/c1-19-9-11-21(12-10-19)22-8-6-15-27-24(22)18-28(16-4-3-13-25)17-23-20(2)7-5-14-26-23/h5-9,11,14-15H,3-4,13,16-18,25H2,1-2H3. The molecular formula is C24H28N4. The van der Waals surface area contributed by atoms with Crippen LogP contribution < -0.4 is 5.73 Å². The molecule has 0 spiro atoms. The molecule has 4 heteroatoms. The molecule has 2 N–H and O–H groups in total. The lowest BCUT2D eigenvalue weighted by atomic mass is 10.0. The molecule has 0 aliphatic heterocycles. The van der Waals surface area contributed by atoms with Gasteiger partial charge in [-0.25, -0.2) is 0 Å². The van der Waals surface area contributed by atoms with Gasteiger partial charge in [-0.05, 0) is 75.2 Å². The first-order chi connectivity index (χ1) is 13.7. The van der Waals surface area contributed by atoms with Crippen LogP contribution in [-0.4, -0.2) is 28.0 Å². The van der Waals surface area contributed by atoms with E-state index in [0.717, 1.165) is 67.1 Å². The van der Waals surface area contributed by atoms with Crippen LogP contribution in [0.1, 0.15) is 42.3 Å². The molecular weight excluding hydrogens is 344 g/mol. The van der Waals surface area contributed by atoms with Gasteiger partial charge in [0.25, 0.3) is 0 Å². The Morgan fingerprint density at radius 2 is 1.68 bits per heavy atom. The minimum atomic E-state index is 0.722. The van der Waals surface area contributed by atoms with Crippen molar-refractivity contribution in [3.05, 3.63) is 88.4 Å². The van der Waals surface area contributed by atoms with Gasteiger partial charge in [-0.3, -0.25) is 14.9 Å². The summed E-state index contributed by atoms with van der Waals surface area (Å²) in [6.45, 7) is 7.39. The number of pyridine rings is 2. The van der Waals surface area contributed by atoms with Gasteiger partial charge in [0, 0.05) is 36.6 Å². The summed E-state index contributed by atoms with van der Waals surface area (Å²) in [6.07, 6.45) is 9.97. The molecule has 3 rings (SSSR count). The van der Waals surface area contributed by atoms with Crippen molar-refractivity contribution in [3.63, 3.8) is 0 Å². The third-order valence-electron chi connectivity index (χ3n) is 4.87. The van der Waals surface area contributed by atoms with Crippen LogP contribution in [0.4, 0.5) is 0 Å². The second-order valence-electron chi connectivity index (χ2n) is 7.15. The van der Waals surface area contributed by atoms with Gasteiger partial charge in [-0.2, -0.15) is 0 Å². The summed E-state index contributed by atoms with van der Waals surface area (Å²) in [5.74, 6) is 0. The van der Waals surface area contributed by atoms with Crippen molar-refractivity contribution >= 4 is 5.57 Å². The summed E-state index contributed by atoms with van der Waals surface area (Å²) in [7, 11) is 0. The molecule has 0 aromatic carbocycles. The van der Waals surface area contributed by atoms with E-state index in [4.69, 9.17) is 5.73 Å². The van der Waals surface area contributed by atoms with Gasteiger partial charge in [0.1, 0.15) is 0 Å². The Balaban J connectivity index is 1.86. The normalized spacial score (nSPS) is 13.0. The fraction of sp³-hybridized carbons (Fsp3) is 0.333. The van der Waals surface area contributed by atoms with Crippen LogP contribution in [-0.2, 0) is 13.1 Å². The zero-order valence-corrected chi connectivity index (χ0v) is 16.8. The van der Waals surface area contributed by atoms with Crippen molar-refractivity contribution in [1.82, 2.24) is 14.9 Å². The van der Waals surface area contributed by atoms with Crippen molar-refractivity contribution in [1.29, 1.82) is 0 Å². The number of hydrogen-bond donors (Lipinski definition) is 1. The largest absolute Gasteiger partial charge is 0.330 e. The molecule has 0 atom stereocenters. The van der Waals surface area contributed by atoms with Gasteiger partial charge in [-0.15, -0.1) is 0 Å². The van der Waals surface area contributed by atoms with Crippen molar-refractivity contribution in [3.8, 4) is 0 Å². The molecule has 4 nitrogen and oxygen atoms in total. The zero-order chi connectivity index (χ0) is 19.8. The number of nitrogens with two attached hydrogens (primary N) is 1. The highest BCUT2D eigenvalue weighted by molar-refractivity contribution is 5.76. The summed E-state index contributed by atoms with van der Waals surface area (Å²) < 4.78 is 0. The predicted octanol–water partition coefficient (Wildman–Crippen LogP) is 4.18. The van der Waals surface area contributed by atoms with Crippen molar-refractivity contribution in [2.45, 2.75) is 39.8 Å². The number of hydrogen-bond acceptors (Lipinski definition) is 4. The molecule has 0 radical (unpaired) electrons. The molecule has 2 heterocycles. The molecule has 0 amide bonds. The molecule has 0 fully saturated rings. The minimum absolute atomic E-state index is 0.722. The van der Waals surface area contributed by atoms with Gasteiger partial charge in [0.05, 0.1) is 11.4 Å². The van der Waals surface area contributed by atoms with Crippen LogP contribution in [0.25, 0.3) is 5.57 Å². The predicted molar refractivity (Wildman–Crippen MR) is 114 cm³/mol. The molecule has 0 unspecified atom stereocenters. The molecule has 1 aliphatic carbocycles. The van der Waals surface area contributed by atoms with Crippen molar-refractivity contribution in [2.75, 3.05) is 13.1 Å². The van der Waals surface area contributed by atoms with Crippen LogP contribution in [0.5, 0.6) is 0 Å². The lowest BCUT2D eigenvalue weighted by Gasteiger charge is -2.23. The fourth-order valence-electron chi connectivity index (χ4n) is 3.23. The van der Waals surface area contributed by atoms with Gasteiger partial charge < -0.3 is 5.73 Å². The highest BCUT2D eigenvalue weighted by Crippen LogP contribution is 2.22. The highest BCUT2D eigenvalue weighted by Gasteiger charge is 2.14. The van der Waals surface area contributed by atoms with Gasteiger partial charge >= 0.3 is 0 Å². The average Bonchev–Trinajstić information content (AvgIpc) is 2.71. The quantitative estimate of drug-likeness (QED) is 0.530. The second-order valence-corrected chi connectivity index (χ2v) is 7.15. The zero-order valence-electron chi connectivity index (χ0n) is 16.8. The Kier molecular flexibility index (Phi) is 7.13. The minimum Gasteiger partial charge on any atom is -0.330 e. The fourth-order valence-corrected chi connectivity index (χ4v) is 3.23. The number of nitrogens with zero attached hydrogens (tertiary/aromatic N) is 3. The number of allylic oxidation sites excluding steroid dienone is 4. The van der Waals surface area contributed by atoms with E-state index < -0.39 is 0 Å². The molecule has 2 aromatic heterocycles. The van der Waals surface area contributed by atoms with E-state index in [0.29, 0.717) is 0 Å². The molecule has 2 aromatic rings. The third kappa shape index (κ3) is 5.39. The first-order valence-corrected chi connectivity index (χ1v) is 9.85. The van der Waals surface area contributed by atoms with E-state index in [1.807, 2.05) is 31.5 Å². The molecule has 28 heavy (non-hydrogen) atoms. The van der Waals surface area contributed by atoms with E-state index in [1.165, 1.54) is 5.56 Å². The molecule has 1 aliphatic rings. The van der Waals surface area contributed by atoms with Crippen LogP contribution in [0, 0.1) is 6.92 Å². The number of aryl methyl sites for hydroxylation is 1. The van der Waals surface area contributed by atoms with E-state index in [-0.39, 0.29) is 0 Å². The van der Waals surface area contributed by atoms with E-state index in [1.54, 1.807) is 0 Å². The topological polar surface area (TPSA) is 55.0 Å². The van der Waals surface area contributed by atoms with Gasteiger partial charge in [0.15, 0.2) is 0 Å². The molecule has 0 saturated carbocycles. The van der Waals surface area contributed by atoms with E-state index in [9.17, 15) is 0 Å². The summed E-state index contributed by atoms with van der Waals surface area (Å²) in [4.78, 5) is 11.7. The van der Waals surface area contributed by atoms with Crippen LogP contribution >= 0.6 is 0 Å². The maximum atomic E-state index is 5.71. The van der Waals surface area contributed by atoms with Crippen molar-refractivity contribution < 1.29 is 0 Å². The first kappa shape index (κ1) is 20.0. The number of aromatic nitrogens is 2. The van der Waals surface area contributed by atoms with Crippen LogP contribution in [0.2, 0.25) is 0 Å². The maximum absolute atomic E-state index is 5.71. The Hall–Kier alpha value is -2.74. The Morgan fingerprint density at radius 3 is 2.39 bits per heavy atom. The Morgan fingerprint density at radius 1 is 0.929 bits per heavy atom. The summed E-state index contributed by atoms with van der Waals surface area (Å²) in [5, 5.41) is 0. The lowest BCUT2D eigenvalue weighted by Crippen LogP contribution is -2.26. The smallest absolute Gasteiger partial charge is 0.0628 e. The third-order valence-corrected chi connectivity index (χ3v) is 4.87. The number of rotatable bonds is 9. The summed E-state index contributed by atoms with van der Waals surface area (Å²) in [6, 6.07) is 8.19. The van der Waals surface area contributed by atoms with E-state index in [2.05, 4.69) is 57.5 Å². The first-order valence-electron chi connectivity index (χ1n) is 9.85. The second kappa shape index (κ2) is 9.98. The molecule has 144 valence electrons. The van der Waals surface area contributed by atoms with Gasteiger partial charge in [0.2, 0.25) is 0 Å². The maximum Gasteiger partial charge on any atom is 0.0628 e. The van der Waals surface area contributed by atoms with Crippen LogP contribution in [0.3, 0.4) is 0 Å². The Bertz CT molecular complexity index is 945. The van der Waals surface area contributed by atoms with E-state index >= 15 is 0 Å². The molecule has 0 saturated heterocycles. The molecule has 0 bridgehead atoms. The highest BCUT2D eigenvalue weighted by atomic mass is 15.1. The van der Waals surface area contributed by atoms with Crippen LogP contribution in [0.15, 0.2) is 65.8 Å². The summed E-state index contributed by atoms with van der Waals surface area (Å²) >= 11 is 0. The summed E-state index contributed by atoms with van der Waals surface area (Å²) in [5.41, 5.74) is 18.8. The Labute approximate surface area is 167 Å². The van der Waals surface area contributed by atoms with Crippen molar-refractivity contribution in [2.24, 2.45) is 5.73 Å². The SMILES string of the molecule is CC1=C=C=C(c2cccnc2CN(CCCCN)Cc2ncccc2C)C=C1.